The number of fused-ring (bicyclic) bond motifs is 1. The molecule has 21 heavy (non-hydrogen) atoms. The predicted octanol–water partition coefficient (Wildman–Crippen LogP) is 2.13. The summed E-state index contributed by atoms with van der Waals surface area (Å²) in [6, 6.07) is 14.4. The number of amides is 1. The molecule has 4 nitrogen and oxygen atoms in total. The molecule has 0 aliphatic carbocycles. The Balaban J connectivity index is 1.77. The van der Waals surface area contributed by atoms with E-state index in [0.717, 1.165) is 5.69 Å². The van der Waals surface area contributed by atoms with Crippen molar-refractivity contribution in [2.24, 2.45) is 0 Å². The summed E-state index contributed by atoms with van der Waals surface area (Å²) < 4.78 is 5.29. The van der Waals surface area contributed by atoms with Crippen molar-refractivity contribution in [1.82, 2.24) is 4.90 Å². The Morgan fingerprint density at radius 3 is 2.67 bits per heavy atom. The van der Waals surface area contributed by atoms with Crippen molar-refractivity contribution >= 4 is 22.4 Å². The number of hydrogen-bond acceptors (Lipinski definition) is 3. The van der Waals surface area contributed by atoms with Crippen LogP contribution < -0.4 is 4.90 Å². The van der Waals surface area contributed by atoms with Gasteiger partial charge in [-0.1, -0.05) is 36.4 Å². The molecule has 1 fully saturated rings. The molecule has 0 saturated carbocycles. The van der Waals surface area contributed by atoms with Crippen molar-refractivity contribution in [2.75, 3.05) is 44.8 Å². The maximum Gasteiger partial charge on any atom is 0.242 e. The summed E-state index contributed by atoms with van der Waals surface area (Å²) in [6.07, 6.45) is 0. The minimum absolute atomic E-state index is 0.161. The standard InChI is InChI=1S/C17H20N2O2/c1-18(13-17(20)19-9-11-21-12-10-19)16-8-4-6-14-5-2-3-7-15(14)16/h2-8H,9-13H2,1H3. The summed E-state index contributed by atoms with van der Waals surface area (Å²) in [5, 5.41) is 2.37. The number of hydrogen-bond donors (Lipinski definition) is 0. The second-order valence-corrected chi connectivity index (χ2v) is 5.35. The molecule has 110 valence electrons. The van der Waals surface area contributed by atoms with E-state index < -0.39 is 0 Å². The van der Waals surface area contributed by atoms with E-state index in [0.29, 0.717) is 32.8 Å². The number of likely N-dealkylation sites (N-methyl/N-ethyl adjacent to an activating group) is 1. The maximum atomic E-state index is 12.3. The SMILES string of the molecule is CN(CC(=O)N1CCOCC1)c1cccc2ccccc12. The Kier molecular flexibility index (Phi) is 4.06. The van der Waals surface area contributed by atoms with Crippen LogP contribution in [-0.2, 0) is 9.53 Å². The lowest BCUT2D eigenvalue weighted by Crippen LogP contribution is -2.45. The summed E-state index contributed by atoms with van der Waals surface area (Å²) in [5.41, 5.74) is 1.09. The van der Waals surface area contributed by atoms with E-state index in [-0.39, 0.29) is 5.91 Å². The van der Waals surface area contributed by atoms with Gasteiger partial charge in [0.05, 0.1) is 19.8 Å². The van der Waals surface area contributed by atoms with E-state index in [1.54, 1.807) is 0 Å². The fourth-order valence-corrected chi connectivity index (χ4v) is 2.74. The van der Waals surface area contributed by atoms with Gasteiger partial charge in [-0.15, -0.1) is 0 Å². The first-order valence-electron chi connectivity index (χ1n) is 7.30. The average Bonchev–Trinajstić information content (AvgIpc) is 2.55. The molecule has 0 atom stereocenters. The third kappa shape index (κ3) is 3.00. The molecule has 2 aromatic carbocycles. The molecular weight excluding hydrogens is 264 g/mol. The van der Waals surface area contributed by atoms with Crippen molar-refractivity contribution in [3.05, 3.63) is 42.5 Å². The third-order valence-corrected chi connectivity index (χ3v) is 3.91. The van der Waals surface area contributed by atoms with Gasteiger partial charge in [-0.05, 0) is 11.5 Å². The quantitative estimate of drug-likeness (QED) is 0.865. The van der Waals surface area contributed by atoms with Crippen molar-refractivity contribution in [2.45, 2.75) is 0 Å². The monoisotopic (exact) mass is 284 g/mol. The zero-order chi connectivity index (χ0) is 14.7. The fraction of sp³-hybridized carbons (Fsp3) is 0.353. The molecule has 0 unspecified atom stereocenters. The van der Waals surface area contributed by atoms with Crippen LogP contribution >= 0.6 is 0 Å². The van der Waals surface area contributed by atoms with Crippen LogP contribution in [0.5, 0.6) is 0 Å². The Bertz CT molecular complexity index is 630. The van der Waals surface area contributed by atoms with Gasteiger partial charge >= 0.3 is 0 Å². The lowest BCUT2D eigenvalue weighted by atomic mass is 10.1. The summed E-state index contributed by atoms with van der Waals surface area (Å²) >= 11 is 0. The van der Waals surface area contributed by atoms with Gasteiger partial charge in [0.15, 0.2) is 0 Å². The van der Waals surface area contributed by atoms with E-state index in [1.807, 2.05) is 35.0 Å². The molecule has 3 rings (SSSR count). The van der Waals surface area contributed by atoms with E-state index in [2.05, 4.69) is 24.3 Å². The fourth-order valence-electron chi connectivity index (χ4n) is 2.74. The topological polar surface area (TPSA) is 32.8 Å². The number of benzene rings is 2. The Morgan fingerprint density at radius 1 is 1.14 bits per heavy atom. The molecule has 1 saturated heterocycles. The van der Waals surface area contributed by atoms with Gasteiger partial charge in [-0.25, -0.2) is 0 Å². The number of carbonyl (C=O) groups excluding carboxylic acids is 1. The van der Waals surface area contributed by atoms with Gasteiger partial charge in [0, 0.05) is 31.2 Å². The van der Waals surface area contributed by atoms with Crippen LogP contribution in [0.2, 0.25) is 0 Å². The van der Waals surface area contributed by atoms with Crippen molar-refractivity contribution in [1.29, 1.82) is 0 Å². The first-order valence-corrected chi connectivity index (χ1v) is 7.30. The Morgan fingerprint density at radius 2 is 1.86 bits per heavy atom. The summed E-state index contributed by atoms with van der Waals surface area (Å²) in [4.78, 5) is 16.3. The highest BCUT2D eigenvalue weighted by atomic mass is 16.5. The number of nitrogens with zero attached hydrogens (tertiary/aromatic N) is 2. The summed E-state index contributed by atoms with van der Waals surface area (Å²) in [7, 11) is 1.97. The average molecular weight is 284 g/mol. The molecule has 0 bridgehead atoms. The minimum atomic E-state index is 0.161. The molecule has 2 aromatic rings. The minimum Gasteiger partial charge on any atom is -0.378 e. The predicted molar refractivity (Wildman–Crippen MR) is 84.6 cm³/mol. The van der Waals surface area contributed by atoms with Crippen LogP contribution in [0.1, 0.15) is 0 Å². The lowest BCUT2D eigenvalue weighted by molar-refractivity contribution is -0.133. The van der Waals surface area contributed by atoms with E-state index >= 15 is 0 Å². The normalized spacial score (nSPS) is 15.2. The second-order valence-electron chi connectivity index (χ2n) is 5.35. The van der Waals surface area contributed by atoms with Crippen LogP contribution in [0, 0.1) is 0 Å². The van der Waals surface area contributed by atoms with E-state index in [4.69, 9.17) is 4.74 Å². The van der Waals surface area contributed by atoms with Crippen LogP contribution in [-0.4, -0.2) is 50.7 Å². The van der Waals surface area contributed by atoms with Crippen LogP contribution in [0.3, 0.4) is 0 Å². The van der Waals surface area contributed by atoms with Crippen LogP contribution in [0.15, 0.2) is 42.5 Å². The molecule has 0 spiro atoms. The largest absolute Gasteiger partial charge is 0.378 e. The first-order chi connectivity index (χ1) is 10.3. The molecule has 1 aliphatic heterocycles. The van der Waals surface area contributed by atoms with Crippen molar-refractivity contribution in [3.8, 4) is 0 Å². The maximum absolute atomic E-state index is 12.3. The molecular formula is C17H20N2O2. The number of ether oxygens (including phenoxy) is 1. The van der Waals surface area contributed by atoms with Crippen LogP contribution in [0.25, 0.3) is 10.8 Å². The zero-order valence-corrected chi connectivity index (χ0v) is 12.3. The Hall–Kier alpha value is -2.07. The lowest BCUT2D eigenvalue weighted by Gasteiger charge is -2.29. The third-order valence-electron chi connectivity index (χ3n) is 3.91. The molecule has 0 radical (unpaired) electrons. The van der Waals surface area contributed by atoms with Crippen molar-refractivity contribution in [3.63, 3.8) is 0 Å². The molecule has 1 amide bonds. The van der Waals surface area contributed by atoms with E-state index in [9.17, 15) is 4.79 Å². The van der Waals surface area contributed by atoms with E-state index in [1.165, 1.54) is 10.8 Å². The van der Waals surface area contributed by atoms with Gasteiger partial charge < -0.3 is 14.5 Å². The molecule has 1 aliphatic rings. The number of rotatable bonds is 3. The van der Waals surface area contributed by atoms with Gasteiger partial charge in [-0.2, -0.15) is 0 Å². The van der Waals surface area contributed by atoms with Crippen molar-refractivity contribution < 1.29 is 9.53 Å². The Labute approximate surface area is 124 Å². The van der Waals surface area contributed by atoms with Gasteiger partial charge in [0.25, 0.3) is 0 Å². The summed E-state index contributed by atoms with van der Waals surface area (Å²) in [5.74, 6) is 0.161. The smallest absolute Gasteiger partial charge is 0.242 e. The summed E-state index contributed by atoms with van der Waals surface area (Å²) in [6.45, 7) is 3.08. The number of morpholine rings is 1. The highest BCUT2D eigenvalue weighted by molar-refractivity contribution is 5.95. The first kappa shape index (κ1) is 13.9. The van der Waals surface area contributed by atoms with Gasteiger partial charge in [-0.3, -0.25) is 4.79 Å². The highest BCUT2D eigenvalue weighted by Gasteiger charge is 2.18. The molecule has 0 aromatic heterocycles. The molecule has 4 heteroatoms. The van der Waals surface area contributed by atoms with Crippen LogP contribution in [0.4, 0.5) is 5.69 Å². The molecule has 1 heterocycles. The number of anilines is 1. The second kappa shape index (κ2) is 6.14. The highest BCUT2D eigenvalue weighted by Crippen LogP contribution is 2.25. The molecule has 0 N–H and O–H groups in total. The number of carbonyl (C=O) groups is 1. The van der Waals surface area contributed by atoms with Gasteiger partial charge in [0.2, 0.25) is 5.91 Å². The van der Waals surface area contributed by atoms with Gasteiger partial charge in [0.1, 0.15) is 0 Å². The zero-order valence-electron chi connectivity index (χ0n) is 12.3.